The Morgan fingerprint density at radius 2 is 1.60 bits per heavy atom. The maximum atomic E-state index is 14.1. The van der Waals surface area contributed by atoms with Crippen LogP contribution in [0.5, 0.6) is 0 Å². The van der Waals surface area contributed by atoms with E-state index >= 15 is 0 Å². The van der Waals surface area contributed by atoms with Crippen molar-refractivity contribution < 1.29 is 17.2 Å². The van der Waals surface area contributed by atoms with Crippen LogP contribution < -0.4 is 11.1 Å². The van der Waals surface area contributed by atoms with Gasteiger partial charge in [0.05, 0.1) is 5.25 Å². The van der Waals surface area contributed by atoms with E-state index in [-0.39, 0.29) is 11.1 Å². The predicted octanol–water partition coefficient (Wildman–Crippen LogP) is 5.95. The molecule has 7 heteroatoms. The molecular weight excluding hydrogens is 466 g/mol. The number of hydrogen-bond donors (Lipinski definition) is 2. The third kappa shape index (κ3) is 6.69. The number of hydrogen-bond acceptors (Lipinski definition) is 4. The molecule has 0 aliphatic heterocycles. The summed E-state index contributed by atoms with van der Waals surface area (Å²) in [6, 6.07) is 10.7. The minimum atomic E-state index is -3.77. The van der Waals surface area contributed by atoms with Crippen molar-refractivity contribution in [3.8, 4) is 0 Å². The van der Waals surface area contributed by atoms with Gasteiger partial charge >= 0.3 is 0 Å². The van der Waals surface area contributed by atoms with E-state index in [1.807, 2.05) is 13.8 Å². The highest BCUT2D eigenvalue weighted by Gasteiger charge is 2.44. The van der Waals surface area contributed by atoms with Gasteiger partial charge in [-0.2, -0.15) is 0 Å². The molecule has 4 nitrogen and oxygen atoms in total. The Morgan fingerprint density at radius 1 is 0.971 bits per heavy atom. The monoisotopic (exact) mass is 506 g/mol. The fourth-order valence-corrected chi connectivity index (χ4v) is 7.84. The lowest BCUT2D eigenvalue weighted by molar-refractivity contribution is 0.461. The lowest BCUT2D eigenvalue weighted by Gasteiger charge is -2.30. The molecule has 0 bridgehead atoms. The minimum Gasteiger partial charge on any atom is -0.326 e. The van der Waals surface area contributed by atoms with Gasteiger partial charge in [0.1, 0.15) is 16.9 Å². The second-order valence-electron chi connectivity index (χ2n) is 9.93. The Morgan fingerprint density at radius 3 is 2.14 bits per heavy atom. The van der Waals surface area contributed by atoms with Crippen molar-refractivity contribution >= 4 is 9.84 Å². The van der Waals surface area contributed by atoms with Crippen LogP contribution in [0, 0.1) is 11.6 Å². The molecule has 0 spiro atoms. The SMILES string of the molecule is CCCC(CCC)S(=O)(=O)C(c1cc(F)cc(F)c1)[C@@H](N)CCNC1(c2cccc(CC)c2)CC1. The van der Waals surface area contributed by atoms with Crippen LogP contribution in [0.1, 0.15) is 87.7 Å². The van der Waals surface area contributed by atoms with Gasteiger partial charge in [0.2, 0.25) is 0 Å². The number of nitrogens with one attached hydrogen (secondary N) is 1. The van der Waals surface area contributed by atoms with E-state index in [9.17, 15) is 17.2 Å². The standard InChI is InChI=1S/C28H40F2N2O2S/c1-4-8-25(9-5-2)35(33,34)27(21-17-23(29)19-24(30)18-21)26(31)12-15-32-28(13-14-28)22-11-7-10-20(6-3)16-22/h7,10-11,16-19,25-27,32H,4-6,8-9,12-15,31H2,1-3H3/t26-,27?/m0/s1. The molecule has 3 N–H and O–H groups in total. The molecule has 3 rings (SSSR count). The molecule has 2 aromatic rings. The highest BCUT2D eigenvalue weighted by molar-refractivity contribution is 7.92. The number of aryl methyl sites for hydroxylation is 1. The molecule has 0 radical (unpaired) electrons. The molecule has 0 amide bonds. The third-order valence-corrected chi connectivity index (χ3v) is 9.95. The van der Waals surface area contributed by atoms with Crippen molar-refractivity contribution in [3.05, 3.63) is 70.8 Å². The number of sulfone groups is 1. The maximum Gasteiger partial charge on any atom is 0.161 e. The van der Waals surface area contributed by atoms with Crippen LogP contribution in [-0.2, 0) is 21.8 Å². The molecule has 1 aliphatic carbocycles. The van der Waals surface area contributed by atoms with Crippen LogP contribution >= 0.6 is 0 Å². The Hall–Kier alpha value is -1.83. The Labute approximate surface area is 209 Å². The lowest BCUT2D eigenvalue weighted by Crippen LogP contribution is -2.41. The third-order valence-electron chi connectivity index (χ3n) is 7.22. The Balaban J connectivity index is 1.82. The van der Waals surface area contributed by atoms with E-state index in [4.69, 9.17) is 5.73 Å². The van der Waals surface area contributed by atoms with Crippen molar-refractivity contribution in [2.24, 2.45) is 5.73 Å². The van der Waals surface area contributed by atoms with Crippen LogP contribution in [0.15, 0.2) is 42.5 Å². The molecule has 0 heterocycles. The quantitative estimate of drug-likeness (QED) is 0.332. The summed E-state index contributed by atoms with van der Waals surface area (Å²) in [4.78, 5) is 0. The highest BCUT2D eigenvalue weighted by atomic mass is 32.2. The summed E-state index contributed by atoms with van der Waals surface area (Å²) in [5, 5.41) is 1.87. The molecule has 1 unspecified atom stereocenters. The predicted molar refractivity (Wildman–Crippen MR) is 139 cm³/mol. The van der Waals surface area contributed by atoms with Gasteiger partial charge in [0, 0.05) is 17.6 Å². The topological polar surface area (TPSA) is 72.2 Å². The van der Waals surface area contributed by atoms with Gasteiger partial charge in [-0.3, -0.25) is 0 Å². The summed E-state index contributed by atoms with van der Waals surface area (Å²) >= 11 is 0. The van der Waals surface area contributed by atoms with E-state index in [2.05, 4.69) is 36.5 Å². The van der Waals surface area contributed by atoms with Gasteiger partial charge < -0.3 is 11.1 Å². The molecule has 1 saturated carbocycles. The van der Waals surface area contributed by atoms with Crippen LogP contribution in [0.25, 0.3) is 0 Å². The summed E-state index contributed by atoms with van der Waals surface area (Å²) in [5.41, 5.74) is 9.06. The Bertz CT molecular complexity index is 1060. The number of nitrogens with two attached hydrogens (primary N) is 1. The normalized spacial score (nSPS) is 16.9. The van der Waals surface area contributed by atoms with E-state index in [0.29, 0.717) is 38.6 Å². The average molecular weight is 507 g/mol. The first-order valence-electron chi connectivity index (χ1n) is 13.0. The van der Waals surface area contributed by atoms with Crippen molar-refractivity contribution in [1.82, 2.24) is 5.32 Å². The minimum absolute atomic E-state index is 0.100. The van der Waals surface area contributed by atoms with Crippen LogP contribution in [0.4, 0.5) is 8.78 Å². The van der Waals surface area contributed by atoms with Crippen LogP contribution in [-0.4, -0.2) is 26.3 Å². The number of rotatable bonds is 14. The average Bonchev–Trinajstić information content (AvgIpc) is 3.59. The zero-order valence-corrected chi connectivity index (χ0v) is 22.0. The zero-order chi connectivity index (χ0) is 25.6. The fourth-order valence-electron chi connectivity index (χ4n) is 5.16. The van der Waals surface area contributed by atoms with E-state index in [1.165, 1.54) is 11.1 Å². The molecule has 0 aromatic heterocycles. The molecule has 2 atom stereocenters. The van der Waals surface area contributed by atoms with Crippen molar-refractivity contribution in [2.45, 2.75) is 94.2 Å². The molecule has 2 aromatic carbocycles. The first-order valence-corrected chi connectivity index (χ1v) is 14.6. The van der Waals surface area contributed by atoms with Gasteiger partial charge in [-0.25, -0.2) is 17.2 Å². The summed E-state index contributed by atoms with van der Waals surface area (Å²) in [6.45, 7) is 6.54. The second kappa shape index (κ2) is 11.9. The summed E-state index contributed by atoms with van der Waals surface area (Å²) in [7, 11) is -3.77. The first-order chi connectivity index (χ1) is 16.7. The van der Waals surface area contributed by atoms with Crippen molar-refractivity contribution in [1.29, 1.82) is 0 Å². The van der Waals surface area contributed by atoms with Crippen molar-refractivity contribution in [2.75, 3.05) is 6.54 Å². The van der Waals surface area contributed by atoms with Gasteiger partial charge in [-0.15, -0.1) is 0 Å². The van der Waals surface area contributed by atoms with E-state index in [1.54, 1.807) is 0 Å². The Kier molecular flexibility index (Phi) is 9.47. The largest absolute Gasteiger partial charge is 0.326 e. The first kappa shape index (κ1) is 27.8. The highest BCUT2D eigenvalue weighted by Crippen LogP contribution is 2.45. The van der Waals surface area contributed by atoms with Crippen molar-refractivity contribution in [3.63, 3.8) is 0 Å². The molecule has 1 aliphatic rings. The molecule has 194 valence electrons. The second-order valence-corrected chi connectivity index (χ2v) is 12.3. The summed E-state index contributed by atoms with van der Waals surface area (Å²) in [5.74, 6) is -1.58. The molecule has 35 heavy (non-hydrogen) atoms. The van der Waals surface area contributed by atoms with Gasteiger partial charge in [0.25, 0.3) is 0 Å². The molecule has 1 fully saturated rings. The van der Waals surface area contributed by atoms with E-state index < -0.39 is 38.0 Å². The van der Waals surface area contributed by atoms with Gasteiger partial charge in [-0.05, 0) is 73.9 Å². The lowest BCUT2D eigenvalue weighted by atomic mass is 9.99. The number of halogens is 2. The van der Waals surface area contributed by atoms with Gasteiger partial charge in [0.15, 0.2) is 9.84 Å². The smallest absolute Gasteiger partial charge is 0.161 e. The van der Waals surface area contributed by atoms with Crippen LogP contribution in [0.3, 0.4) is 0 Å². The maximum absolute atomic E-state index is 14.1. The molecule has 0 saturated heterocycles. The summed E-state index contributed by atoms with van der Waals surface area (Å²) in [6.07, 6.45) is 5.81. The zero-order valence-electron chi connectivity index (χ0n) is 21.2. The van der Waals surface area contributed by atoms with E-state index in [0.717, 1.165) is 37.5 Å². The molecular formula is C28H40F2N2O2S. The van der Waals surface area contributed by atoms with Gasteiger partial charge in [-0.1, -0.05) is 57.9 Å². The number of benzene rings is 2. The van der Waals surface area contributed by atoms with Crippen LogP contribution in [0.2, 0.25) is 0 Å². The summed E-state index contributed by atoms with van der Waals surface area (Å²) < 4.78 is 55.8. The fraction of sp³-hybridized carbons (Fsp3) is 0.571.